The van der Waals surface area contributed by atoms with Crippen LogP contribution in [0.3, 0.4) is 0 Å². The lowest BCUT2D eigenvalue weighted by Gasteiger charge is -2.38. The highest BCUT2D eigenvalue weighted by atomic mass is 15.2. The molecule has 0 amide bonds. The SMILES string of the molecule is BC1(C(C)C)CCCCCC2C(CC1)CC(C)N2C(C)C. The van der Waals surface area contributed by atoms with Crippen molar-refractivity contribution in [3.63, 3.8) is 0 Å². The Labute approximate surface area is 134 Å². The van der Waals surface area contributed by atoms with Gasteiger partial charge < -0.3 is 0 Å². The van der Waals surface area contributed by atoms with Gasteiger partial charge in [0.15, 0.2) is 0 Å². The molecule has 0 bridgehead atoms. The monoisotopic (exact) mass is 291 g/mol. The Morgan fingerprint density at radius 1 is 1.00 bits per heavy atom. The second-order valence-corrected chi connectivity index (χ2v) is 8.90. The molecule has 0 aromatic rings. The Kier molecular flexibility index (Phi) is 5.85. The van der Waals surface area contributed by atoms with E-state index in [0.29, 0.717) is 5.31 Å². The maximum Gasteiger partial charge on any atom is 0.109 e. The summed E-state index contributed by atoms with van der Waals surface area (Å²) in [5, 5.41) is 0.580. The molecule has 2 fully saturated rings. The highest BCUT2D eigenvalue weighted by Gasteiger charge is 2.41. The van der Waals surface area contributed by atoms with Crippen molar-refractivity contribution in [1.82, 2.24) is 4.90 Å². The first-order valence-corrected chi connectivity index (χ1v) is 9.62. The third kappa shape index (κ3) is 3.87. The van der Waals surface area contributed by atoms with E-state index < -0.39 is 0 Å². The Morgan fingerprint density at radius 3 is 2.33 bits per heavy atom. The van der Waals surface area contributed by atoms with Gasteiger partial charge >= 0.3 is 0 Å². The molecule has 21 heavy (non-hydrogen) atoms. The van der Waals surface area contributed by atoms with Crippen LogP contribution in [0.5, 0.6) is 0 Å². The fourth-order valence-electron chi connectivity index (χ4n) is 5.15. The second-order valence-electron chi connectivity index (χ2n) is 8.90. The van der Waals surface area contributed by atoms with Gasteiger partial charge in [0.05, 0.1) is 0 Å². The van der Waals surface area contributed by atoms with Crippen LogP contribution in [0.2, 0.25) is 5.31 Å². The third-order valence-electron chi connectivity index (χ3n) is 6.90. The van der Waals surface area contributed by atoms with E-state index in [1.54, 1.807) is 0 Å². The molecule has 122 valence electrons. The van der Waals surface area contributed by atoms with E-state index in [1.165, 1.54) is 51.4 Å². The van der Waals surface area contributed by atoms with E-state index in [2.05, 4.69) is 47.4 Å². The van der Waals surface area contributed by atoms with Crippen LogP contribution in [-0.2, 0) is 0 Å². The minimum Gasteiger partial charge on any atom is -0.295 e. The zero-order chi connectivity index (χ0) is 15.6. The molecule has 2 aliphatic rings. The van der Waals surface area contributed by atoms with E-state index in [0.717, 1.165) is 30.0 Å². The van der Waals surface area contributed by atoms with Crippen molar-refractivity contribution >= 4 is 7.85 Å². The van der Waals surface area contributed by atoms with Gasteiger partial charge in [-0.3, -0.25) is 4.90 Å². The molecule has 2 heteroatoms. The van der Waals surface area contributed by atoms with Gasteiger partial charge in [-0.1, -0.05) is 51.3 Å². The average Bonchev–Trinajstić information content (AvgIpc) is 2.72. The van der Waals surface area contributed by atoms with Gasteiger partial charge in [-0.2, -0.15) is 0 Å². The van der Waals surface area contributed by atoms with Crippen molar-refractivity contribution < 1.29 is 0 Å². The molecule has 0 aromatic carbocycles. The largest absolute Gasteiger partial charge is 0.295 e. The Bertz CT molecular complexity index is 328. The highest BCUT2D eigenvalue weighted by molar-refractivity contribution is 6.15. The van der Waals surface area contributed by atoms with Crippen molar-refractivity contribution in [2.45, 2.75) is 109 Å². The minimum absolute atomic E-state index is 0.580. The lowest BCUT2D eigenvalue weighted by molar-refractivity contribution is 0.128. The molecule has 0 aromatic heterocycles. The molecular weight excluding hydrogens is 253 g/mol. The van der Waals surface area contributed by atoms with Gasteiger partial charge in [0.2, 0.25) is 0 Å². The second kappa shape index (κ2) is 7.07. The first-order chi connectivity index (χ1) is 9.85. The van der Waals surface area contributed by atoms with Crippen molar-refractivity contribution in [1.29, 1.82) is 0 Å². The molecule has 4 unspecified atom stereocenters. The molecule has 1 heterocycles. The standard InChI is InChI=1S/C19H38BN/c1-14(2)19(20)11-8-6-7-9-18-17(10-12-19)13-16(5)21(18)15(3)4/h14-18H,6-13,20H2,1-5H3. The minimum atomic E-state index is 0.580. The number of hydrogen-bond donors (Lipinski definition) is 0. The number of hydrogen-bond acceptors (Lipinski definition) is 1. The Balaban J connectivity index is 2.11. The first-order valence-electron chi connectivity index (χ1n) is 9.62. The smallest absolute Gasteiger partial charge is 0.109 e. The lowest BCUT2D eigenvalue weighted by Crippen LogP contribution is -2.41. The fourth-order valence-corrected chi connectivity index (χ4v) is 5.15. The molecular formula is C19H38BN. The van der Waals surface area contributed by atoms with Gasteiger partial charge in [-0.05, 0) is 51.9 Å². The highest BCUT2D eigenvalue weighted by Crippen LogP contribution is 2.47. The number of likely N-dealkylation sites (tertiary alicyclic amines) is 1. The summed E-state index contributed by atoms with van der Waals surface area (Å²) in [5.41, 5.74) is 0. The van der Waals surface area contributed by atoms with E-state index >= 15 is 0 Å². The molecule has 1 aliphatic heterocycles. The maximum absolute atomic E-state index is 2.85. The number of fused-ring (bicyclic) bond motifs is 1. The summed E-state index contributed by atoms with van der Waals surface area (Å²) in [7, 11) is 2.56. The molecule has 1 nitrogen and oxygen atoms in total. The quantitative estimate of drug-likeness (QED) is 0.668. The number of nitrogens with zero attached hydrogens (tertiary/aromatic N) is 1. The van der Waals surface area contributed by atoms with E-state index in [-0.39, 0.29) is 0 Å². The van der Waals surface area contributed by atoms with Crippen LogP contribution >= 0.6 is 0 Å². The van der Waals surface area contributed by atoms with E-state index in [1.807, 2.05) is 0 Å². The summed E-state index contributed by atoms with van der Waals surface area (Å²) in [6.45, 7) is 12.2. The van der Waals surface area contributed by atoms with Gasteiger partial charge in [0.1, 0.15) is 7.85 Å². The van der Waals surface area contributed by atoms with Crippen LogP contribution in [0.25, 0.3) is 0 Å². The lowest BCUT2D eigenvalue weighted by atomic mass is 9.56. The zero-order valence-electron chi connectivity index (χ0n) is 15.5. The van der Waals surface area contributed by atoms with Crippen molar-refractivity contribution in [2.75, 3.05) is 0 Å². The third-order valence-corrected chi connectivity index (χ3v) is 6.90. The van der Waals surface area contributed by atoms with Crippen LogP contribution < -0.4 is 0 Å². The Morgan fingerprint density at radius 2 is 1.71 bits per heavy atom. The molecule has 2 rings (SSSR count). The number of rotatable bonds is 2. The molecule has 1 saturated carbocycles. The van der Waals surface area contributed by atoms with Crippen molar-refractivity contribution in [3.05, 3.63) is 0 Å². The topological polar surface area (TPSA) is 3.24 Å². The van der Waals surface area contributed by atoms with Gasteiger partial charge in [0, 0.05) is 18.1 Å². The van der Waals surface area contributed by atoms with Crippen LogP contribution in [-0.4, -0.2) is 30.9 Å². The summed E-state index contributed by atoms with van der Waals surface area (Å²) in [6.07, 6.45) is 11.6. The predicted molar refractivity (Wildman–Crippen MR) is 96.7 cm³/mol. The molecule has 1 aliphatic carbocycles. The van der Waals surface area contributed by atoms with Crippen LogP contribution in [0.4, 0.5) is 0 Å². The van der Waals surface area contributed by atoms with Crippen LogP contribution in [0, 0.1) is 11.8 Å². The summed E-state index contributed by atoms with van der Waals surface area (Å²) < 4.78 is 0. The van der Waals surface area contributed by atoms with Gasteiger partial charge in [-0.15, -0.1) is 0 Å². The average molecular weight is 291 g/mol. The fraction of sp³-hybridized carbons (Fsp3) is 1.00. The molecule has 0 spiro atoms. The van der Waals surface area contributed by atoms with Crippen molar-refractivity contribution in [3.8, 4) is 0 Å². The summed E-state index contributed by atoms with van der Waals surface area (Å²) in [4.78, 5) is 2.85. The van der Waals surface area contributed by atoms with Crippen LogP contribution in [0.1, 0.15) is 86.0 Å². The molecule has 4 atom stereocenters. The summed E-state index contributed by atoms with van der Waals surface area (Å²) >= 11 is 0. The molecule has 1 saturated heterocycles. The van der Waals surface area contributed by atoms with Crippen molar-refractivity contribution in [2.24, 2.45) is 11.8 Å². The van der Waals surface area contributed by atoms with Gasteiger partial charge in [0.25, 0.3) is 0 Å². The van der Waals surface area contributed by atoms with Gasteiger partial charge in [-0.25, -0.2) is 0 Å². The maximum atomic E-state index is 2.85. The first kappa shape index (κ1) is 17.4. The predicted octanol–water partition coefficient (Wildman–Crippen LogP) is 4.67. The van der Waals surface area contributed by atoms with E-state index in [4.69, 9.17) is 0 Å². The molecule has 0 radical (unpaired) electrons. The zero-order valence-corrected chi connectivity index (χ0v) is 15.5. The van der Waals surface area contributed by atoms with E-state index in [9.17, 15) is 0 Å². The van der Waals surface area contributed by atoms with Crippen LogP contribution in [0.15, 0.2) is 0 Å². The summed E-state index contributed by atoms with van der Waals surface area (Å²) in [5.74, 6) is 1.79. The normalized spacial score (nSPS) is 39.7. The summed E-state index contributed by atoms with van der Waals surface area (Å²) in [6, 6.07) is 2.38. The molecule has 0 N–H and O–H groups in total. The Hall–Kier alpha value is 0.0249.